The maximum atomic E-state index is 12.4. The Morgan fingerprint density at radius 1 is 1.25 bits per heavy atom. The van der Waals surface area contributed by atoms with Gasteiger partial charge in [-0.15, -0.1) is 0 Å². The van der Waals surface area contributed by atoms with Crippen LogP contribution in [0.3, 0.4) is 0 Å². The lowest BCUT2D eigenvalue weighted by molar-refractivity contribution is -0.136. The molecule has 0 aromatic rings. The SMILES string of the molecule is CCCOC1CCCN(C(=O)CC2CCC(N)CC2)C1. The van der Waals surface area contributed by atoms with Gasteiger partial charge in [0.1, 0.15) is 0 Å². The smallest absolute Gasteiger partial charge is 0.222 e. The second-order valence-corrected chi connectivity index (χ2v) is 6.46. The largest absolute Gasteiger partial charge is 0.376 e. The van der Waals surface area contributed by atoms with Crippen molar-refractivity contribution in [1.29, 1.82) is 0 Å². The third kappa shape index (κ3) is 4.74. The Kier molecular flexibility index (Phi) is 6.30. The van der Waals surface area contributed by atoms with E-state index in [9.17, 15) is 4.79 Å². The predicted octanol–water partition coefficient (Wildman–Crippen LogP) is 2.31. The van der Waals surface area contributed by atoms with Crippen LogP contribution in [0, 0.1) is 5.92 Å². The summed E-state index contributed by atoms with van der Waals surface area (Å²) in [7, 11) is 0. The summed E-state index contributed by atoms with van der Waals surface area (Å²) >= 11 is 0. The van der Waals surface area contributed by atoms with E-state index in [0.717, 1.165) is 64.6 Å². The van der Waals surface area contributed by atoms with Crippen LogP contribution in [0.1, 0.15) is 58.3 Å². The fourth-order valence-electron chi connectivity index (χ4n) is 3.35. The van der Waals surface area contributed by atoms with Gasteiger partial charge in [0.05, 0.1) is 6.10 Å². The lowest BCUT2D eigenvalue weighted by atomic mass is 9.84. The van der Waals surface area contributed by atoms with Gasteiger partial charge in [0, 0.05) is 32.2 Å². The molecule has 2 aliphatic rings. The minimum Gasteiger partial charge on any atom is -0.376 e. The third-order valence-corrected chi connectivity index (χ3v) is 4.64. The molecule has 1 atom stereocenters. The van der Waals surface area contributed by atoms with Gasteiger partial charge in [0.25, 0.3) is 0 Å². The van der Waals surface area contributed by atoms with E-state index >= 15 is 0 Å². The molecule has 4 nitrogen and oxygen atoms in total. The Hall–Kier alpha value is -0.610. The molecule has 116 valence electrons. The molecule has 1 aliphatic heterocycles. The van der Waals surface area contributed by atoms with E-state index in [1.165, 1.54) is 0 Å². The minimum absolute atomic E-state index is 0.257. The number of nitrogens with zero attached hydrogens (tertiary/aromatic N) is 1. The molecule has 4 heteroatoms. The van der Waals surface area contributed by atoms with Crippen LogP contribution in [-0.2, 0) is 9.53 Å². The Labute approximate surface area is 123 Å². The topological polar surface area (TPSA) is 55.6 Å². The highest BCUT2D eigenvalue weighted by Gasteiger charge is 2.27. The number of nitrogens with two attached hydrogens (primary N) is 1. The Balaban J connectivity index is 1.74. The molecule has 2 N–H and O–H groups in total. The fourth-order valence-corrected chi connectivity index (χ4v) is 3.35. The van der Waals surface area contributed by atoms with Crippen LogP contribution in [0.5, 0.6) is 0 Å². The van der Waals surface area contributed by atoms with Gasteiger partial charge >= 0.3 is 0 Å². The van der Waals surface area contributed by atoms with Gasteiger partial charge in [-0.25, -0.2) is 0 Å². The van der Waals surface area contributed by atoms with Crippen molar-refractivity contribution in [2.75, 3.05) is 19.7 Å². The van der Waals surface area contributed by atoms with Crippen LogP contribution in [0.25, 0.3) is 0 Å². The highest BCUT2D eigenvalue weighted by molar-refractivity contribution is 5.76. The summed E-state index contributed by atoms with van der Waals surface area (Å²) in [5.74, 6) is 0.884. The van der Waals surface area contributed by atoms with Gasteiger partial charge in [0.2, 0.25) is 5.91 Å². The maximum absolute atomic E-state index is 12.4. The molecule has 1 aliphatic carbocycles. The number of ether oxygens (including phenoxy) is 1. The number of hydrogen-bond donors (Lipinski definition) is 1. The van der Waals surface area contributed by atoms with Crippen molar-refractivity contribution < 1.29 is 9.53 Å². The molecular formula is C16H30N2O2. The van der Waals surface area contributed by atoms with Crippen LogP contribution >= 0.6 is 0 Å². The van der Waals surface area contributed by atoms with E-state index in [4.69, 9.17) is 10.5 Å². The van der Waals surface area contributed by atoms with E-state index < -0.39 is 0 Å². The Morgan fingerprint density at radius 3 is 2.70 bits per heavy atom. The van der Waals surface area contributed by atoms with Crippen LogP contribution in [0.4, 0.5) is 0 Å². The summed E-state index contributed by atoms with van der Waals surface area (Å²) in [6, 6.07) is 0.364. The first-order valence-electron chi connectivity index (χ1n) is 8.34. The molecule has 0 aromatic heterocycles. The standard InChI is InChI=1S/C16H30N2O2/c1-2-10-20-15-4-3-9-18(12-15)16(19)11-13-5-7-14(17)8-6-13/h13-15H,2-12,17H2,1H3. The summed E-state index contributed by atoms with van der Waals surface area (Å²) in [4.78, 5) is 14.4. The molecule has 2 fully saturated rings. The normalized spacial score (nSPS) is 31.3. The molecule has 1 amide bonds. The van der Waals surface area contributed by atoms with Crippen LogP contribution < -0.4 is 5.73 Å². The highest BCUT2D eigenvalue weighted by atomic mass is 16.5. The van der Waals surface area contributed by atoms with Crippen LogP contribution in [0.15, 0.2) is 0 Å². The van der Waals surface area contributed by atoms with Gasteiger partial charge in [-0.2, -0.15) is 0 Å². The summed E-state index contributed by atoms with van der Waals surface area (Å²) in [6.07, 6.45) is 8.61. The highest BCUT2D eigenvalue weighted by Crippen LogP contribution is 2.27. The molecule has 1 saturated heterocycles. The van der Waals surface area contributed by atoms with Gasteiger partial charge in [-0.1, -0.05) is 6.92 Å². The molecule has 0 aromatic carbocycles. The number of rotatable bonds is 5. The molecule has 0 bridgehead atoms. The lowest BCUT2D eigenvalue weighted by Gasteiger charge is -2.34. The van der Waals surface area contributed by atoms with Crippen molar-refractivity contribution in [3.05, 3.63) is 0 Å². The summed E-state index contributed by atoms with van der Waals surface area (Å²) in [5, 5.41) is 0. The monoisotopic (exact) mass is 282 g/mol. The Bertz CT molecular complexity index is 301. The minimum atomic E-state index is 0.257. The summed E-state index contributed by atoms with van der Waals surface area (Å²) in [5.41, 5.74) is 5.92. The molecule has 0 spiro atoms. The number of likely N-dealkylation sites (tertiary alicyclic amines) is 1. The van der Waals surface area contributed by atoms with E-state index in [1.807, 2.05) is 4.90 Å². The zero-order valence-electron chi connectivity index (χ0n) is 12.9. The quantitative estimate of drug-likeness (QED) is 0.842. The second kappa shape index (κ2) is 7.99. The number of amides is 1. The molecule has 0 radical (unpaired) electrons. The van der Waals surface area contributed by atoms with Crippen molar-refractivity contribution in [3.8, 4) is 0 Å². The fraction of sp³-hybridized carbons (Fsp3) is 0.938. The van der Waals surface area contributed by atoms with Crippen molar-refractivity contribution in [2.24, 2.45) is 11.7 Å². The van der Waals surface area contributed by atoms with E-state index in [-0.39, 0.29) is 6.10 Å². The lowest BCUT2D eigenvalue weighted by Crippen LogP contribution is -2.44. The van der Waals surface area contributed by atoms with E-state index in [1.54, 1.807) is 0 Å². The maximum Gasteiger partial charge on any atom is 0.222 e. The molecule has 1 unspecified atom stereocenters. The molecule has 1 saturated carbocycles. The zero-order valence-corrected chi connectivity index (χ0v) is 12.9. The predicted molar refractivity (Wildman–Crippen MR) is 80.4 cm³/mol. The summed E-state index contributed by atoms with van der Waals surface area (Å²) < 4.78 is 5.81. The van der Waals surface area contributed by atoms with Gasteiger partial charge in [-0.05, 0) is 50.9 Å². The third-order valence-electron chi connectivity index (χ3n) is 4.64. The Morgan fingerprint density at radius 2 is 2.00 bits per heavy atom. The molecule has 1 heterocycles. The van der Waals surface area contributed by atoms with Crippen molar-refractivity contribution in [2.45, 2.75) is 70.4 Å². The first-order chi connectivity index (χ1) is 9.69. The van der Waals surface area contributed by atoms with Crippen molar-refractivity contribution in [3.63, 3.8) is 0 Å². The molecule has 2 rings (SSSR count). The number of piperidine rings is 1. The molecule has 20 heavy (non-hydrogen) atoms. The van der Waals surface area contributed by atoms with Gasteiger partial charge in [0.15, 0.2) is 0 Å². The molecular weight excluding hydrogens is 252 g/mol. The van der Waals surface area contributed by atoms with Gasteiger partial charge in [-0.3, -0.25) is 4.79 Å². The average molecular weight is 282 g/mol. The van der Waals surface area contributed by atoms with Crippen LogP contribution in [0.2, 0.25) is 0 Å². The first-order valence-corrected chi connectivity index (χ1v) is 8.34. The summed E-state index contributed by atoms with van der Waals surface area (Å²) in [6.45, 7) is 4.65. The number of carbonyl (C=O) groups is 1. The number of carbonyl (C=O) groups excluding carboxylic acids is 1. The zero-order chi connectivity index (χ0) is 14.4. The van der Waals surface area contributed by atoms with Crippen molar-refractivity contribution in [1.82, 2.24) is 4.90 Å². The first kappa shape index (κ1) is 15.8. The van der Waals surface area contributed by atoms with Gasteiger partial charge < -0.3 is 15.4 Å². The van der Waals surface area contributed by atoms with E-state index in [2.05, 4.69) is 6.92 Å². The number of hydrogen-bond acceptors (Lipinski definition) is 3. The van der Waals surface area contributed by atoms with E-state index in [0.29, 0.717) is 24.3 Å². The van der Waals surface area contributed by atoms with Crippen LogP contribution in [-0.4, -0.2) is 42.6 Å². The second-order valence-electron chi connectivity index (χ2n) is 6.46. The van der Waals surface area contributed by atoms with Crippen molar-refractivity contribution >= 4 is 5.91 Å². The average Bonchev–Trinajstić information content (AvgIpc) is 2.48.